The molecule has 0 spiro atoms. The highest BCUT2D eigenvalue weighted by molar-refractivity contribution is 7.98. The molecule has 6 heteroatoms. The van der Waals surface area contributed by atoms with E-state index in [1.54, 1.807) is 32.2 Å². The van der Waals surface area contributed by atoms with E-state index in [2.05, 4.69) is 9.97 Å². The molecule has 19 heavy (non-hydrogen) atoms. The number of carbonyl (C=O) groups is 1. The summed E-state index contributed by atoms with van der Waals surface area (Å²) in [6.07, 6.45) is 3.42. The van der Waals surface area contributed by atoms with Crippen molar-refractivity contribution >= 4 is 17.7 Å². The Kier molecular flexibility index (Phi) is 4.21. The topological polar surface area (TPSA) is 65.2 Å². The molecule has 0 atom stereocenters. The van der Waals surface area contributed by atoms with Gasteiger partial charge in [-0.15, -0.1) is 0 Å². The highest BCUT2D eigenvalue weighted by atomic mass is 32.2. The van der Waals surface area contributed by atoms with Crippen LogP contribution in [0.1, 0.15) is 23.0 Å². The van der Waals surface area contributed by atoms with Crippen molar-refractivity contribution < 1.29 is 13.9 Å². The Hall–Kier alpha value is -1.82. The van der Waals surface area contributed by atoms with E-state index in [4.69, 9.17) is 9.15 Å². The normalized spacial score (nSPS) is 10.5. The lowest BCUT2D eigenvalue weighted by molar-refractivity contribution is 0.0525. The van der Waals surface area contributed by atoms with Gasteiger partial charge in [-0.05, 0) is 32.2 Å². The second-order valence-electron chi connectivity index (χ2n) is 3.72. The Morgan fingerprint density at radius 3 is 2.84 bits per heavy atom. The summed E-state index contributed by atoms with van der Waals surface area (Å²) in [6, 6.07) is 3.51. The minimum absolute atomic E-state index is 0.306. The van der Waals surface area contributed by atoms with Gasteiger partial charge in [-0.2, -0.15) is 0 Å². The Bertz CT molecular complexity index is 582. The fourth-order valence-corrected chi connectivity index (χ4v) is 2.09. The monoisotopic (exact) mass is 278 g/mol. The molecule has 2 rings (SSSR count). The van der Waals surface area contributed by atoms with Crippen molar-refractivity contribution in [2.24, 2.45) is 0 Å². The lowest BCUT2D eigenvalue weighted by Gasteiger charge is -2.10. The molecule has 0 saturated carbocycles. The predicted molar refractivity (Wildman–Crippen MR) is 72.2 cm³/mol. The SMILES string of the molecule is CCOC(=O)c1c(C)nc(SC)nc1-c1ccco1. The van der Waals surface area contributed by atoms with Gasteiger partial charge in [0.15, 0.2) is 10.9 Å². The smallest absolute Gasteiger partial charge is 0.342 e. The Morgan fingerprint density at radius 1 is 1.47 bits per heavy atom. The van der Waals surface area contributed by atoms with E-state index in [1.165, 1.54) is 11.8 Å². The average Bonchev–Trinajstić information content (AvgIpc) is 2.91. The fourth-order valence-electron chi connectivity index (χ4n) is 1.68. The summed E-state index contributed by atoms with van der Waals surface area (Å²) in [6.45, 7) is 3.83. The van der Waals surface area contributed by atoms with E-state index in [9.17, 15) is 4.79 Å². The van der Waals surface area contributed by atoms with Gasteiger partial charge in [0.1, 0.15) is 11.3 Å². The number of carbonyl (C=O) groups excluding carboxylic acids is 1. The average molecular weight is 278 g/mol. The third-order valence-electron chi connectivity index (χ3n) is 2.49. The molecule has 0 aliphatic heterocycles. The van der Waals surface area contributed by atoms with Crippen molar-refractivity contribution in [1.82, 2.24) is 9.97 Å². The molecule has 0 saturated heterocycles. The van der Waals surface area contributed by atoms with Gasteiger partial charge < -0.3 is 9.15 Å². The van der Waals surface area contributed by atoms with Gasteiger partial charge in [0, 0.05) is 0 Å². The van der Waals surface area contributed by atoms with Crippen molar-refractivity contribution in [2.75, 3.05) is 12.9 Å². The van der Waals surface area contributed by atoms with Crippen LogP contribution in [0.15, 0.2) is 28.0 Å². The third kappa shape index (κ3) is 2.78. The number of esters is 1. The summed E-state index contributed by atoms with van der Waals surface area (Å²) in [4.78, 5) is 20.7. The first-order valence-corrected chi connectivity index (χ1v) is 7.03. The van der Waals surface area contributed by atoms with Crippen molar-refractivity contribution in [1.29, 1.82) is 0 Å². The van der Waals surface area contributed by atoms with Crippen LogP contribution < -0.4 is 0 Å². The van der Waals surface area contributed by atoms with Gasteiger partial charge in [-0.1, -0.05) is 11.8 Å². The van der Waals surface area contributed by atoms with Gasteiger partial charge in [0.25, 0.3) is 0 Å². The summed E-state index contributed by atoms with van der Waals surface area (Å²) in [5, 5.41) is 0.594. The van der Waals surface area contributed by atoms with Crippen molar-refractivity contribution in [3.63, 3.8) is 0 Å². The van der Waals surface area contributed by atoms with Gasteiger partial charge in [-0.25, -0.2) is 14.8 Å². The number of rotatable bonds is 4. The van der Waals surface area contributed by atoms with Crippen LogP contribution in [-0.2, 0) is 4.74 Å². The zero-order valence-electron chi connectivity index (χ0n) is 11.0. The zero-order valence-corrected chi connectivity index (χ0v) is 11.8. The van der Waals surface area contributed by atoms with E-state index in [0.29, 0.717) is 34.5 Å². The van der Waals surface area contributed by atoms with Crippen LogP contribution in [0.5, 0.6) is 0 Å². The van der Waals surface area contributed by atoms with Crippen molar-refractivity contribution in [2.45, 2.75) is 19.0 Å². The summed E-state index contributed by atoms with van der Waals surface area (Å²) in [7, 11) is 0. The van der Waals surface area contributed by atoms with E-state index < -0.39 is 5.97 Å². The molecule has 0 amide bonds. The summed E-state index contributed by atoms with van der Waals surface area (Å²) >= 11 is 1.41. The summed E-state index contributed by atoms with van der Waals surface area (Å²) in [5.41, 5.74) is 1.42. The van der Waals surface area contributed by atoms with E-state index in [-0.39, 0.29) is 0 Å². The maximum atomic E-state index is 12.0. The second kappa shape index (κ2) is 5.88. The molecule has 0 aliphatic rings. The van der Waals surface area contributed by atoms with Crippen LogP contribution in [0.4, 0.5) is 0 Å². The number of nitrogens with zero attached hydrogens (tertiary/aromatic N) is 2. The van der Waals surface area contributed by atoms with Crippen LogP contribution in [0.25, 0.3) is 11.5 Å². The first-order chi connectivity index (χ1) is 9.17. The molecule has 0 unspecified atom stereocenters. The highest BCUT2D eigenvalue weighted by Crippen LogP contribution is 2.26. The molecule has 0 bridgehead atoms. The third-order valence-corrected chi connectivity index (χ3v) is 3.03. The molecule has 0 fully saturated rings. The molecular weight excluding hydrogens is 264 g/mol. The molecule has 2 heterocycles. The number of aromatic nitrogens is 2. The molecule has 2 aromatic heterocycles. The summed E-state index contributed by atoms with van der Waals surface area (Å²) in [5.74, 6) is 0.0999. The standard InChI is InChI=1S/C13H14N2O3S/c1-4-17-12(16)10-8(2)14-13(19-3)15-11(10)9-6-5-7-18-9/h5-7H,4H2,1-3H3. The van der Waals surface area contributed by atoms with E-state index in [1.807, 2.05) is 6.26 Å². The Labute approximate surface area is 115 Å². The zero-order chi connectivity index (χ0) is 13.8. The van der Waals surface area contributed by atoms with Gasteiger partial charge >= 0.3 is 5.97 Å². The number of hydrogen-bond acceptors (Lipinski definition) is 6. The lowest BCUT2D eigenvalue weighted by Crippen LogP contribution is -2.12. The van der Waals surface area contributed by atoms with Gasteiger partial charge in [0.05, 0.1) is 18.6 Å². The number of thioether (sulfide) groups is 1. The van der Waals surface area contributed by atoms with Crippen molar-refractivity contribution in [3.05, 3.63) is 29.7 Å². The lowest BCUT2D eigenvalue weighted by atomic mass is 10.1. The van der Waals surface area contributed by atoms with E-state index in [0.717, 1.165) is 0 Å². The molecule has 100 valence electrons. The van der Waals surface area contributed by atoms with Crippen LogP contribution in [0.3, 0.4) is 0 Å². The highest BCUT2D eigenvalue weighted by Gasteiger charge is 2.22. The van der Waals surface area contributed by atoms with E-state index >= 15 is 0 Å². The van der Waals surface area contributed by atoms with Crippen LogP contribution in [0, 0.1) is 6.92 Å². The Morgan fingerprint density at radius 2 is 2.26 bits per heavy atom. The maximum Gasteiger partial charge on any atom is 0.342 e. The maximum absolute atomic E-state index is 12.0. The minimum Gasteiger partial charge on any atom is -0.463 e. The molecule has 0 N–H and O–H groups in total. The second-order valence-corrected chi connectivity index (χ2v) is 4.49. The minimum atomic E-state index is -0.431. The van der Waals surface area contributed by atoms with Gasteiger partial charge in [0.2, 0.25) is 0 Å². The first kappa shape index (κ1) is 13.6. The largest absolute Gasteiger partial charge is 0.463 e. The van der Waals surface area contributed by atoms with Gasteiger partial charge in [-0.3, -0.25) is 0 Å². The molecule has 0 aromatic carbocycles. The van der Waals surface area contributed by atoms with Crippen LogP contribution >= 0.6 is 11.8 Å². The molecule has 2 aromatic rings. The fraction of sp³-hybridized carbons (Fsp3) is 0.308. The quantitative estimate of drug-likeness (QED) is 0.486. The van der Waals surface area contributed by atoms with Crippen LogP contribution in [0.2, 0.25) is 0 Å². The van der Waals surface area contributed by atoms with Crippen LogP contribution in [-0.4, -0.2) is 28.8 Å². The molecular formula is C13H14N2O3S. The molecule has 0 aliphatic carbocycles. The molecule has 5 nitrogen and oxygen atoms in total. The number of furan rings is 1. The Balaban J connectivity index is 2.60. The number of hydrogen-bond donors (Lipinski definition) is 0. The number of ether oxygens (including phenoxy) is 1. The predicted octanol–water partition coefficient (Wildman–Crippen LogP) is 2.94. The van der Waals surface area contributed by atoms with Crippen molar-refractivity contribution in [3.8, 4) is 11.5 Å². The first-order valence-electron chi connectivity index (χ1n) is 5.81. The number of aryl methyl sites for hydroxylation is 1. The molecule has 0 radical (unpaired) electrons. The summed E-state index contributed by atoms with van der Waals surface area (Å²) < 4.78 is 10.4.